The van der Waals surface area contributed by atoms with Gasteiger partial charge in [-0.05, 0) is 37.6 Å². The Morgan fingerprint density at radius 2 is 2.08 bits per heavy atom. The number of para-hydroxylation sites is 2. The summed E-state index contributed by atoms with van der Waals surface area (Å²) in [5.41, 5.74) is 4.18. The molecule has 3 aromatic rings. The lowest BCUT2D eigenvalue weighted by Crippen LogP contribution is -2.06. The second-order valence-electron chi connectivity index (χ2n) is 5.68. The highest BCUT2D eigenvalue weighted by atomic mass is 35.5. The Balaban J connectivity index is 1.88. The molecular formula is C19H18ClN3O. The number of nitrogens with zero attached hydrogens (tertiary/aromatic N) is 2. The van der Waals surface area contributed by atoms with Crippen molar-refractivity contribution in [2.45, 2.75) is 13.3 Å². The van der Waals surface area contributed by atoms with E-state index in [9.17, 15) is 0 Å². The van der Waals surface area contributed by atoms with E-state index in [1.54, 1.807) is 0 Å². The molecule has 1 aliphatic rings. The van der Waals surface area contributed by atoms with Crippen LogP contribution in [-0.4, -0.2) is 22.9 Å². The van der Waals surface area contributed by atoms with Crippen LogP contribution < -0.4 is 10.1 Å². The van der Waals surface area contributed by atoms with E-state index in [-0.39, 0.29) is 0 Å². The summed E-state index contributed by atoms with van der Waals surface area (Å²) in [6, 6.07) is 15.8. The maximum atomic E-state index is 6.17. The van der Waals surface area contributed by atoms with Crippen LogP contribution in [0.5, 0.6) is 5.75 Å². The molecule has 4 rings (SSSR count). The Labute approximate surface area is 146 Å². The van der Waals surface area contributed by atoms with Crippen molar-refractivity contribution in [3.8, 4) is 22.7 Å². The third kappa shape index (κ3) is 2.53. The number of halogens is 1. The van der Waals surface area contributed by atoms with E-state index < -0.39 is 0 Å². The molecule has 0 saturated carbocycles. The van der Waals surface area contributed by atoms with Gasteiger partial charge >= 0.3 is 0 Å². The molecule has 0 fully saturated rings. The van der Waals surface area contributed by atoms with Crippen LogP contribution in [0.15, 0.2) is 48.5 Å². The molecule has 0 radical (unpaired) electrons. The fraction of sp³-hybridized carbons (Fsp3) is 0.211. The lowest BCUT2D eigenvalue weighted by molar-refractivity contribution is 0.338. The van der Waals surface area contributed by atoms with Crippen molar-refractivity contribution in [3.63, 3.8) is 0 Å². The van der Waals surface area contributed by atoms with Crippen LogP contribution in [0.3, 0.4) is 0 Å². The molecule has 1 N–H and O–H groups in total. The normalized spacial score (nSPS) is 12.8. The number of anilines is 1. The summed E-state index contributed by atoms with van der Waals surface area (Å²) in [6.45, 7) is 3.52. The first-order valence-electron chi connectivity index (χ1n) is 8.12. The molecule has 4 nitrogen and oxygen atoms in total. The van der Waals surface area contributed by atoms with Crippen LogP contribution in [0.25, 0.3) is 16.9 Å². The van der Waals surface area contributed by atoms with Gasteiger partial charge in [-0.2, -0.15) is 5.10 Å². The summed E-state index contributed by atoms with van der Waals surface area (Å²) < 4.78 is 7.72. The Bertz CT molecular complexity index is 888. The number of rotatable bonds is 4. The molecular weight excluding hydrogens is 322 g/mol. The highest BCUT2D eigenvalue weighted by Gasteiger charge is 2.25. The maximum Gasteiger partial charge on any atom is 0.145 e. The molecule has 24 heavy (non-hydrogen) atoms. The predicted molar refractivity (Wildman–Crippen MR) is 97.4 cm³/mol. The third-order valence-corrected chi connectivity index (χ3v) is 4.38. The largest absolute Gasteiger partial charge is 0.492 e. The Morgan fingerprint density at radius 3 is 2.92 bits per heavy atom. The summed E-state index contributed by atoms with van der Waals surface area (Å²) in [4.78, 5) is 0. The summed E-state index contributed by atoms with van der Waals surface area (Å²) in [5.74, 6) is 1.87. The number of hydrogen-bond acceptors (Lipinski definition) is 3. The molecule has 0 aliphatic carbocycles. The average molecular weight is 340 g/mol. The first kappa shape index (κ1) is 15.1. The van der Waals surface area contributed by atoms with Crippen LogP contribution in [-0.2, 0) is 6.42 Å². The van der Waals surface area contributed by atoms with Gasteiger partial charge in [0.05, 0.1) is 12.3 Å². The SMILES string of the molecule is CCOc1ccccc1-n1nc(-c2cccc(Cl)c2)c2c1NCC2. The van der Waals surface area contributed by atoms with E-state index in [0.717, 1.165) is 46.5 Å². The monoisotopic (exact) mass is 339 g/mol. The van der Waals surface area contributed by atoms with Crippen LogP contribution in [0.2, 0.25) is 5.02 Å². The van der Waals surface area contributed by atoms with E-state index in [1.165, 1.54) is 5.56 Å². The van der Waals surface area contributed by atoms with Crippen LogP contribution in [0.1, 0.15) is 12.5 Å². The first-order chi connectivity index (χ1) is 11.8. The smallest absolute Gasteiger partial charge is 0.145 e. The van der Waals surface area contributed by atoms with Crippen molar-refractivity contribution in [2.24, 2.45) is 0 Å². The van der Waals surface area contributed by atoms with Crippen molar-refractivity contribution in [3.05, 3.63) is 59.1 Å². The van der Waals surface area contributed by atoms with Gasteiger partial charge in [-0.25, -0.2) is 4.68 Å². The maximum absolute atomic E-state index is 6.17. The van der Waals surface area contributed by atoms with Gasteiger partial charge in [-0.3, -0.25) is 0 Å². The van der Waals surface area contributed by atoms with Crippen molar-refractivity contribution < 1.29 is 4.74 Å². The zero-order chi connectivity index (χ0) is 16.5. The molecule has 2 heterocycles. The summed E-state index contributed by atoms with van der Waals surface area (Å²) in [7, 11) is 0. The van der Waals surface area contributed by atoms with E-state index in [2.05, 4.69) is 5.32 Å². The quantitative estimate of drug-likeness (QED) is 0.757. The predicted octanol–water partition coefficient (Wildman–Crippen LogP) is 4.56. The van der Waals surface area contributed by atoms with Crippen LogP contribution >= 0.6 is 11.6 Å². The molecule has 0 spiro atoms. The number of hydrogen-bond donors (Lipinski definition) is 1. The zero-order valence-corrected chi connectivity index (χ0v) is 14.2. The lowest BCUT2D eigenvalue weighted by atomic mass is 10.1. The molecule has 1 aliphatic heterocycles. The lowest BCUT2D eigenvalue weighted by Gasteiger charge is -2.12. The summed E-state index contributed by atoms with van der Waals surface area (Å²) in [6.07, 6.45) is 0.952. The van der Waals surface area contributed by atoms with E-state index in [1.807, 2.05) is 60.1 Å². The zero-order valence-electron chi connectivity index (χ0n) is 13.4. The standard InChI is InChI=1S/C19H18ClN3O/c1-2-24-17-9-4-3-8-16(17)23-19-15(10-11-21-19)18(22-23)13-6-5-7-14(20)12-13/h3-9,12,21H,2,10-11H2,1H3. The van der Waals surface area contributed by atoms with Crippen molar-refractivity contribution >= 4 is 17.4 Å². The molecule has 0 unspecified atom stereocenters. The summed E-state index contributed by atoms with van der Waals surface area (Å²) >= 11 is 6.17. The van der Waals surface area contributed by atoms with Gasteiger partial charge in [0.2, 0.25) is 0 Å². The number of benzene rings is 2. The molecule has 2 aromatic carbocycles. The fourth-order valence-electron chi connectivity index (χ4n) is 3.13. The molecule has 0 bridgehead atoms. The minimum absolute atomic E-state index is 0.620. The Hall–Kier alpha value is -2.46. The average Bonchev–Trinajstić information content (AvgIpc) is 3.18. The van der Waals surface area contributed by atoms with Crippen molar-refractivity contribution in [1.29, 1.82) is 0 Å². The van der Waals surface area contributed by atoms with Crippen molar-refractivity contribution in [1.82, 2.24) is 9.78 Å². The van der Waals surface area contributed by atoms with E-state index in [0.29, 0.717) is 6.61 Å². The molecule has 5 heteroatoms. The second kappa shape index (κ2) is 6.21. The van der Waals surface area contributed by atoms with Gasteiger partial charge in [0.1, 0.15) is 17.3 Å². The minimum Gasteiger partial charge on any atom is -0.492 e. The Morgan fingerprint density at radius 1 is 1.21 bits per heavy atom. The summed E-state index contributed by atoms with van der Waals surface area (Å²) in [5, 5.41) is 9.04. The number of aromatic nitrogens is 2. The number of fused-ring (bicyclic) bond motifs is 1. The molecule has 1 aromatic heterocycles. The van der Waals surface area contributed by atoms with E-state index >= 15 is 0 Å². The number of ether oxygens (including phenoxy) is 1. The topological polar surface area (TPSA) is 39.1 Å². The van der Waals surface area contributed by atoms with Crippen LogP contribution in [0.4, 0.5) is 5.82 Å². The van der Waals surface area contributed by atoms with Gasteiger partial charge in [0.15, 0.2) is 0 Å². The fourth-order valence-corrected chi connectivity index (χ4v) is 3.32. The molecule has 0 saturated heterocycles. The molecule has 0 atom stereocenters. The highest BCUT2D eigenvalue weighted by molar-refractivity contribution is 6.30. The molecule has 122 valence electrons. The highest BCUT2D eigenvalue weighted by Crippen LogP contribution is 2.37. The minimum atomic E-state index is 0.620. The van der Waals surface area contributed by atoms with Gasteiger partial charge in [-0.1, -0.05) is 35.9 Å². The Kier molecular flexibility index (Phi) is 3.90. The van der Waals surface area contributed by atoms with Gasteiger partial charge < -0.3 is 10.1 Å². The van der Waals surface area contributed by atoms with Gasteiger partial charge in [0.25, 0.3) is 0 Å². The third-order valence-electron chi connectivity index (χ3n) is 4.14. The number of nitrogens with one attached hydrogen (secondary N) is 1. The second-order valence-corrected chi connectivity index (χ2v) is 6.11. The van der Waals surface area contributed by atoms with Gasteiger partial charge in [-0.15, -0.1) is 0 Å². The van der Waals surface area contributed by atoms with Gasteiger partial charge in [0, 0.05) is 22.7 Å². The van der Waals surface area contributed by atoms with Crippen molar-refractivity contribution in [2.75, 3.05) is 18.5 Å². The first-order valence-corrected chi connectivity index (χ1v) is 8.49. The van der Waals surface area contributed by atoms with E-state index in [4.69, 9.17) is 21.4 Å². The van der Waals surface area contributed by atoms with Crippen LogP contribution in [0, 0.1) is 0 Å². The molecule has 0 amide bonds.